The first kappa shape index (κ1) is 15.6. The van der Waals surface area contributed by atoms with Gasteiger partial charge in [-0.3, -0.25) is 14.6 Å². The van der Waals surface area contributed by atoms with Crippen LogP contribution in [-0.2, 0) is 0 Å². The van der Waals surface area contributed by atoms with Crippen molar-refractivity contribution in [3.63, 3.8) is 0 Å². The molecule has 22 heavy (non-hydrogen) atoms. The van der Waals surface area contributed by atoms with E-state index < -0.39 is 0 Å². The summed E-state index contributed by atoms with van der Waals surface area (Å²) in [6.45, 7) is 4.44. The molecule has 4 heteroatoms. The van der Waals surface area contributed by atoms with Gasteiger partial charge in [0, 0.05) is 12.7 Å². The highest BCUT2D eigenvalue weighted by Gasteiger charge is 2.09. The van der Waals surface area contributed by atoms with Gasteiger partial charge in [-0.1, -0.05) is 18.2 Å². The zero-order chi connectivity index (χ0) is 15.9. The summed E-state index contributed by atoms with van der Waals surface area (Å²) in [7, 11) is 0. The Morgan fingerprint density at radius 3 is 2.73 bits per heavy atom. The lowest BCUT2D eigenvalue weighted by molar-refractivity contribution is 0.104. The predicted octanol–water partition coefficient (Wildman–Crippen LogP) is 3.08. The van der Waals surface area contributed by atoms with Gasteiger partial charge in [0.25, 0.3) is 0 Å². The highest BCUT2D eigenvalue weighted by Crippen LogP contribution is 2.07. The Labute approximate surface area is 129 Å². The van der Waals surface area contributed by atoms with Crippen molar-refractivity contribution in [2.75, 3.05) is 11.9 Å². The number of ketones is 1. The molecule has 0 aliphatic rings. The average Bonchev–Trinajstić information content (AvgIpc) is 2.69. The van der Waals surface area contributed by atoms with Gasteiger partial charge in [0.05, 0.1) is 16.9 Å². The molecule has 0 radical (unpaired) electrons. The summed E-state index contributed by atoms with van der Waals surface area (Å²) in [5.41, 5.74) is 1.97. The van der Waals surface area contributed by atoms with E-state index >= 15 is 0 Å². The van der Waals surface area contributed by atoms with E-state index in [1.54, 1.807) is 36.5 Å². The van der Waals surface area contributed by atoms with Crippen LogP contribution in [0.5, 0.6) is 0 Å². The quantitative estimate of drug-likeness (QED) is 0.680. The van der Waals surface area contributed by atoms with Crippen molar-refractivity contribution in [3.8, 4) is 0 Å². The van der Waals surface area contributed by atoms with Crippen LogP contribution in [0.3, 0.4) is 0 Å². The Kier molecular flexibility index (Phi) is 5.20. The zero-order valence-electron chi connectivity index (χ0n) is 12.7. The average molecular weight is 294 g/mol. The van der Waals surface area contributed by atoms with Gasteiger partial charge in [-0.25, -0.2) is 0 Å². The van der Waals surface area contributed by atoms with Gasteiger partial charge >= 0.3 is 0 Å². The number of carbonyl (C=O) groups excluding carboxylic acids is 1. The fourth-order valence-electron chi connectivity index (χ4n) is 2.04. The molecule has 0 aliphatic carbocycles. The molecule has 0 atom stereocenters. The summed E-state index contributed by atoms with van der Waals surface area (Å²) in [6.07, 6.45) is 4.70. The van der Waals surface area contributed by atoms with E-state index in [1.807, 2.05) is 26.0 Å². The molecule has 0 bridgehead atoms. The smallest absolute Gasteiger partial charge is 0.212 e. The first-order valence-electron chi connectivity index (χ1n) is 7.14. The Morgan fingerprint density at radius 1 is 1.23 bits per heavy atom. The third-order valence-corrected chi connectivity index (χ3v) is 3.20. The monoisotopic (exact) mass is 294 g/mol. The van der Waals surface area contributed by atoms with E-state index in [1.165, 1.54) is 6.08 Å². The van der Waals surface area contributed by atoms with E-state index in [9.17, 15) is 9.59 Å². The minimum absolute atomic E-state index is 0.144. The van der Waals surface area contributed by atoms with Crippen LogP contribution in [0.25, 0.3) is 6.08 Å². The van der Waals surface area contributed by atoms with E-state index in [0.717, 1.165) is 11.3 Å². The minimum Gasteiger partial charge on any atom is -0.382 e. The standard InChI is InChI=1S/C18H18N2O2/c1-3-19-16-9-5-4-8-14(18(16)22)17(21)11-10-15-13(2)7-6-12-20-15/h4-12H,3H2,1-2H3,(H,19,22)/b11-10-. The normalized spacial score (nSPS) is 10.6. The molecule has 1 aromatic heterocycles. The Hall–Kier alpha value is -2.75. The number of aromatic nitrogens is 1. The number of nitrogens with zero attached hydrogens (tertiary/aromatic N) is 1. The van der Waals surface area contributed by atoms with Gasteiger partial charge in [0.15, 0.2) is 5.78 Å². The van der Waals surface area contributed by atoms with Gasteiger partial charge in [-0.2, -0.15) is 0 Å². The number of rotatable bonds is 5. The summed E-state index contributed by atoms with van der Waals surface area (Å²) >= 11 is 0. The molecule has 0 saturated heterocycles. The number of hydrogen-bond donors (Lipinski definition) is 1. The Morgan fingerprint density at radius 2 is 2.00 bits per heavy atom. The molecule has 2 rings (SSSR count). The molecule has 1 N–H and O–H groups in total. The maximum Gasteiger partial charge on any atom is 0.212 e. The highest BCUT2D eigenvalue weighted by molar-refractivity contribution is 6.07. The molecule has 0 amide bonds. The minimum atomic E-state index is -0.328. The fourth-order valence-corrected chi connectivity index (χ4v) is 2.04. The van der Waals surface area contributed by atoms with E-state index in [0.29, 0.717) is 12.2 Å². The second-order valence-electron chi connectivity index (χ2n) is 4.81. The number of pyridine rings is 1. The maximum absolute atomic E-state index is 12.3. The highest BCUT2D eigenvalue weighted by atomic mass is 16.1. The molecule has 1 heterocycles. The Balaban J connectivity index is 2.35. The molecule has 0 fully saturated rings. The molecular weight excluding hydrogens is 276 g/mol. The number of allylic oxidation sites excluding steroid dienone is 1. The summed E-state index contributed by atoms with van der Waals surface area (Å²) in [4.78, 5) is 28.8. The fraction of sp³-hybridized carbons (Fsp3) is 0.167. The van der Waals surface area contributed by atoms with Gasteiger partial charge in [0.1, 0.15) is 0 Å². The van der Waals surface area contributed by atoms with Crippen molar-refractivity contribution in [2.45, 2.75) is 13.8 Å². The van der Waals surface area contributed by atoms with Gasteiger partial charge in [0.2, 0.25) is 5.43 Å². The lowest BCUT2D eigenvalue weighted by atomic mass is 10.1. The van der Waals surface area contributed by atoms with Crippen molar-refractivity contribution in [1.29, 1.82) is 0 Å². The molecule has 112 valence electrons. The number of aryl methyl sites for hydroxylation is 1. The summed E-state index contributed by atoms with van der Waals surface area (Å²) in [5.74, 6) is -0.328. The van der Waals surface area contributed by atoms with Crippen molar-refractivity contribution in [3.05, 3.63) is 75.7 Å². The van der Waals surface area contributed by atoms with Crippen LogP contribution in [0.1, 0.15) is 28.5 Å². The van der Waals surface area contributed by atoms with Gasteiger partial charge in [-0.05, 0) is 49.8 Å². The molecule has 0 unspecified atom stereocenters. The van der Waals surface area contributed by atoms with Crippen LogP contribution in [0.2, 0.25) is 0 Å². The topological polar surface area (TPSA) is 59.1 Å². The molecule has 0 spiro atoms. The van der Waals surface area contributed by atoms with E-state index in [4.69, 9.17) is 0 Å². The van der Waals surface area contributed by atoms with Gasteiger partial charge < -0.3 is 5.32 Å². The van der Waals surface area contributed by atoms with Crippen LogP contribution in [0.15, 0.2) is 53.5 Å². The molecule has 0 aliphatic heterocycles. The molecular formula is C18H18N2O2. The Bertz CT molecular complexity index is 767. The summed E-state index contributed by atoms with van der Waals surface area (Å²) < 4.78 is 0. The molecule has 0 saturated carbocycles. The summed E-state index contributed by atoms with van der Waals surface area (Å²) in [6, 6.07) is 10.4. The van der Waals surface area contributed by atoms with Crippen LogP contribution in [-0.4, -0.2) is 17.3 Å². The molecule has 1 aromatic carbocycles. The van der Waals surface area contributed by atoms with Crippen molar-refractivity contribution < 1.29 is 4.79 Å². The van der Waals surface area contributed by atoms with Crippen molar-refractivity contribution in [2.24, 2.45) is 0 Å². The van der Waals surface area contributed by atoms with Crippen molar-refractivity contribution >= 4 is 17.5 Å². The van der Waals surface area contributed by atoms with E-state index in [2.05, 4.69) is 10.3 Å². The van der Waals surface area contributed by atoms with E-state index in [-0.39, 0.29) is 16.8 Å². The second kappa shape index (κ2) is 7.31. The lowest BCUT2D eigenvalue weighted by Gasteiger charge is -1.99. The lowest BCUT2D eigenvalue weighted by Crippen LogP contribution is -2.15. The van der Waals surface area contributed by atoms with Crippen LogP contribution in [0, 0.1) is 6.92 Å². The number of nitrogens with one attached hydrogen (secondary N) is 1. The third-order valence-electron chi connectivity index (χ3n) is 3.20. The first-order chi connectivity index (χ1) is 10.6. The number of hydrogen-bond acceptors (Lipinski definition) is 4. The zero-order valence-corrected chi connectivity index (χ0v) is 12.7. The van der Waals surface area contributed by atoms with Crippen molar-refractivity contribution in [1.82, 2.24) is 4.98 Å². The SMILES string of the molecule is CCNc1ccccc(C(=O)/C=C\c2ncccc2C)c1=O. The largest absolute Gasteiger partial charge is 0.382 e. The van der Waals surface area contributed by atoms with Gasteiger partial charge in [-0.15, -0.1) is 0 Å². The first-order valence-corrected chi connectivity index (χ1v) is 7.14. The molecule has 2 aromatic rings. The number of carbonyl (C=O) groups is 1. The number of anilines is 1. The maximum atomic E-state index is 12.3. The molecule has 4 nitrogen and oxygen atoms in total. The summed E-state index contributed by atoms with van der Waals surface area (Å²) in [5, 5.41) is 2.97. The van der Waals surface area contributed by atoms with Crippen LogP contribution < -0.4 is 10.7 Å². The second-order valence-corrected chi connectivity index (χ2v) is 4.81. The van der Waals surface area contributed by atoms with Crippen LogP contribution in [0.4, 0.5) is 5.69 Å². The third kappa shape index (κ3) is 3.67. The van der Waals surface area contributed by atoms with Crippen LogP contribution >= 0.6 is 0 Å². The predicted molar refractivity (Wildman–Crippen MR) is 89.2 cm³/mol.